The van der Waals surface area contributed by atoms with Crippen molar-refractivity contribution in [1.29, 1.82) is 5.26 Å². The van der Waals surface area contributed by atoms with E-state index in [4.69, 9.17) is 9.47 Å². The quantitative estimate of drug-likeness (QED) is 0.569. The van der Waals surface area contributed by atoms with E-state index < -0.39 is 5.41 Å². The van der Waals surface area contributed by atoms with Gasteiger partial charge in [-0.05, 0) is 55.1 Å². The average molecular weight is 450 g/mol. The van der Waals surface area contributed by atoms with Crippen LogP contribution in [0.1, 0.15) is 42.6 Å². The molecule has 6 nitrogen and oxygen atoms in total. The molecule has 1 saturated heterocycles. The lowest BCUT2D eigenvalue weighted by molar-refractivity contribution is 0.0633. The lowest BCUT2D eigenvalue weighted by Gasteiger charge is -2.36. The van der Waals surface area contributed by atoms with E-state index >= 15 is 0 Å². The minimum atomic E-state index is -0.593. The van der Waals surface area contributed by atoms with E-state index in [1.165, 1.54) is 0 Å². The van der Waals surface area contributed by atoms with Gasteiger partial charge in [-0.3, -0.25) is 9.69 Å². The summed E-state index contributed by atoms with van der Waals surface area (Å²) in [6.07, 6.45) is 1.67. The standard InChI is InChI=1S/C27H35N3O3/c1-21(2)27(20-28,23-11-12-24(32-3)25(19-23)33-4)13-8-14-29-15-17-30(18-16-29)26(31)22-9-6-5-7-10-22/h5-7,9-12,19,21H,8,13-18H2,1-4H3/t27-/m0/s1. The summed E-state index contributed by atoms with van der Waals surface area (Å²) >= 11 is 0. The fourth-order valence-corrected chi connectivity index (χ4v) is 4.65. The zero-order valence-electron chi connectivity index (χ0n) is 20.2. The summed E-state index contributed by atoms with van der Waals surface area (Å²) in [7, 11) is 3.23. The van der Waals surface area contributed by atoms with Gasteiger partial charge in [0.05, 0.1) is 25.7 Å². The van der Waals surface area contributed by atoms with E-state index in [2.05, 4.69) is 24.8 Å². The highest BCUT2D eigenvalue weighted by Crippen LogP contribution is 2.40. The van der Waals surface area contributed by atoms with Gasteiger partial charge >= 0.3 is 0 Å². The number of amides is 1. The van der Waals surface area contributed by atoms with Crippen LogP contribution in [0.3, 0.4) is 0 Å². The van der Waals surface area contributed by atoms with E-state index in [9.17, 15) is 10.1 Å². The number of rotatable bonds is 9. The fourth-order valence-electron chi connectivity index (χ4n) is 4.65. The minimum absolute atomic E-state index is 0.104. The van der Waals surface area contributed by atoms with Crippen LogP contribution in [0, 0.1) is 17.2 Å². The molecule has 2 aromatic rings. The van der Waals surface area contributed by atoms with Crippen molar-refractivity contribution >= 4 is 5.91 Å². The Bertz CT molecular complexity index is 962. The number of benzene rings is 2. The first-order valence-corrected chi connectivity index (χ1v) is 11.7. The van der Waals surface area contributed by atoms with E-state index in [0.717, 1.165) is 56.7 Å². The number of hydrogen-bond donors (Lipinski definition) is 0. The smallest absolute Gasteiger partial charge is 0.253 e. The van der Waals surface area contributed by atoms with Crippen LogP contribution in [0.5, 0.6) is 11.5 Å². The number of methoxy groups -OCH3 is 2. The lowest BCUT2D eigenvalue weighted by atomic mass is 9.69. The van der Waals surface area contributed by atoms with Gasteiger partial charge in [0.2, 0.25) is 0 Å². The molecule has 1 fully saturated rings. The molecule has 0 unspecified atom stereocenters. The molecular weight excluding hydrogens is 414 g/mol. The first-order valence-electron chi connectivity index (χ1n) is 11.7. The van der Waals surface area contributed by atoms with Gasteiger partial charge in [0.15, 0.2) is 11.5 Å². The van der Waals surface area contributed by atoms with Gasteiger partial charge in [0.1, 0.15) is 0 Å². The van der Waals surface area contributed by atoms with Crippen molar-refractivity contribution in [3.05, 3.63) is 59.7 Å². The Kier molecular flexibility index (Phi) is 8.35. The highest BCUT2D eigenvalue weighted by Gasteiger charge is 2.36. The molecule has 0 saturated carbocycles. The zero-order valence-corrected chi connectivity index (χ0v) is 20.2. The maximum absolute atomic E-state index is 12.7. The van der Waals surface area contributed by atoms with Gasteiger partial charge in [0.25, 0.3) is 5.91 Å². The molecule has 0 spiro atoms. The topological polar surface area (TPSA) is 65.8 Å². The summed E-state index contributed by atoms with van der Waals surface area (Å²) < 4.78 is 10.9. The number of ether oxygens (including phenoxy) is 2. The molecule has 0 aromatic heterocycles. The highest BCUT2D eigenvalue weighted by molar-refractivity contribution is 5.94. The number of hydrogen-bond acceptors (Lipinski definition) is 5. The molecule has 33 heavy (non-hydrogen) atoms. The second-order valence-corrected chi connectivity index (χ2v) is 8.91. The largest absolute Gasteiger partial charge is 0.493 e. The highest BCUT2D eigenvalue weighted by atomic mass is 16.5. The average Bonchev–Trinajstić information content (AvgIpc) is 2.86. The number of carbonyl (C=O) groups excluding carboxylic acids is 1. The predicted molar refractivity (Wildman–Crippen MR) is 130 cm³/mol. The lowest BCUT2D eigenvalue weighted by Crippen LogP contribution is -2.49. The summed E-state index contributed by atoms with van der Waals surface area (Å²) in [4.78, 5) is 17.0. The van der Waals surface area contributed by atoms with E-state index in [-0.39, 0.29) is 11.8 Å². The summed E-state index contributed by atoms with van der Waals surface area (Å²) in [5, 5.41) is 10.3. The van der Waals surface area contributed by atoms with Crippen molar-refractivity contribution in [2.24, 2.45) is 5.92 Å². The predicted octanol–water partition coefficient (Wildman–Crippen LogP) is 4.36. The van der Waals surface area contributed by atoms with Crippen molar-refractivity contribution in [3.8, 4) is 17.6 Å². The molecule has 2 aromatic carbocycles. The number of carbonyl (C=O) groups is 1. The summed E-state index contributed by atoms with van der Waals surface area (Å²) in [5.41, 5.74) is 1.12. The van der Waals surface area contributed by atoms with Crippen molar-refractivity contribution in [2.45, 2.75) is 32.1 Å². The zero-order chi connectivity index (χ0) is 23.8. The van der Waals surface area contributed by atoms with Gasteiger partial charge in [-0.1, -0.05) is 38.1 Å². The van der Waals surface area contributed by atoms with Crippen LogP contribution >= 0.6 is 0 Å². The maximum atomic E-state index is 12.7. The Hall–Kier alpha value is -3.04. The maximum Gasteiger partial charge on any atom is 0.253 e. The van der Waals surface area contributed by atoms with Crippen LogP contribution in [0.4, 0.5) is 0 Å². The fraction of sp³-hybridized carbons (Fsp3) is 0.481. The third-order valence-electron chi connectivity index (χ3n) is 6.81. The second kappa shape index (κ2) is 11.2. The van der Waals surface area contributed by atoms with Crippen molar-refractivity contribution < 1.29 is 14.3 Å². The molecule has 176 valence electrons. The Morgan fingerprint density at radius 1 is 1.03 bits per heavy atom. The van der Waals surface area contributed by atoms with Crippen LogP contribution in [0.25, 0.3) is 0 Å². The molecule has 0 N–H and O–H groups in total. The summed E-state index contributed by atoms with van der Waals surface area (Å²) in [6.45, 7) is 8.30. The van der Waals surface area contributed by atoms with Gasteiger partial charge in [-0.2, -0.15) is 5.26 Å². The minimum Gasteiger partial charge on any atom is -0.493 e. The number of piperazine rings is 1. The Balaban J connectivity index is 1.60. The van der Waals surface area contributed by atoms with Crippen molar-refractivity contribution in [2.75, 3.05) is 46.9 Å². The summed E-state index contributed by atoms with van der Waals surface area (Å²) in [6, 6.07) is 17.9. The number of nitriles is 1. The molecule has 0 bridgehead atoms. The molecule has 1 aliphatic rings. The van der Waals surface area contributed by atoms with Crippen LogP contribution < -0.4 is 9.47 Å². The van der Waals surface area contributed by atoms with Crippen molar-refractivity contribution in [3.63, 3.8) is 0 Å². The molecular formula is C27H35N3O3. The van der Waals surface area contributed by atoms with Gasteiger partial charge in [0, 0.05) is 31.7 Å². The van der Waals surface area contributed by atoms with Gasteiger partial charge in [-0.15, -0.1) is 0 Å². The van der Waals surface area contributed by atoms with Crippen LogP contribution in [-0.4, -0.2) is 62.7 Å². The molecule has 0 radical (unpaired) electrons. The van der Waals surface area contributed by atoms with E-state index in [1.54, 1.807) is 14.2 Å². The van der Waals surface area contributed by atoms with Crippen LogP contribution in [0.15, 0.2) is 48.5 Å². The first-order chi connectivity index (χ1) is 15.9. The Morgan fingerprint density at radius 2 is 1.70 bits per heavy atom. The normalized spacial score (nSPS) is 16.2. The van der Waals surface area contributed by atoms with E-state index in [0.29, 0.717) is 11.5 Å². The van der Waals surface area contributed by atoms with Crippen LogP contribution in [-0.2, 0) is 5.41 Å². The van der Waals surface area contributed by atoms with Crippen molar-refractivity contribution in [1.82, 2.24) is 9.80 Å². The van der Waals surface area contributed by atoms with Gasteiger partial charge < -0.3 is 14.4 Å². The Morgan fingerprint density at radius 3 is 2.27 bits per heavy atom. The SMILES string of the molecule is COc1ccc([C@](C#N)(CCCN2CCN(C(=O)c3ccccc3)CC2)C(C)C)cc1OC. The van der Waals surface area contributed by atoms with E-state index in [1.807, 2.05) is 53.4 Å². The molecule has 1 amide bonds. The molecule has 6 heteroatoms. The molecule has 1 heterocycles. The molecule has 0 aliphatic carbocycles. The van der Waals surface area contributed by atoms with Gasteiger partial charge in [-0.25, -0.2) is 0 Å². The van der Waals surface area contributed by atoms with Crippen LogP contribution in [0.2, 0.25) is 0 Å². The monoisotopic (exact) mass is 449 g/mol. The second-order valence-electron chi connectivity index (χ2n) is 8.91. The molecule has 1 atom stereocenters. The third kappa shape index (κ3) is 5.48. The third-order valence-corrected chi connectivity index (χ3v) is 6.81. The summed E-state index contributed by atoms with van der Waals surface area (Å²) in [5.74, 6) is 1.57. The molecule has 3 rings (SSSR count). The first kappa shape index (κ1) is 24.6. The Labute approximate surface area is 197 Å². The number of nitrogens with zero attached hydrogens (tertiary/aromatic N) is 3. The molecule has 1 aliphatic heterocycles.